The van der Waals surface area contributed by atoms with Crippen LogP contribution < -0.4 is 4.50 Å². The summed E-state index contributed by atoms with van der Waals surface area (Å²) in [5.74, 6) is 0. The lowest BCUT2D eigenvalue weighted by Crippen LogP contribution is -1.89. The molecule has 0 spiro atoms. The molecule has 1 heterocycles. The lowest BCUT2D eigenvalue weighted by molar-refractivity contribution is 1.40. The van der Waals surface area contributed by atoms with E-state index in [4.69, 9.17) is 0 Å². The molecule has 72 valence electrons. The molecule has 0 N–H and O–H groups in total. The van der Waals surface area contributed by atoms with E-state index in [0.29, 0.717) is 0 Å². The normalized spacial score (nSPS) is 10.7. The Morgan fingerprint density at radius 2 is 1.86 bits per heavy atom. The Balaban J connectivity index is 2.55. The summed E-state index contributed by atoms with van der Waals surface area (Å²) < 4.78 is 1.51. The van der Waals surface area contributed by atoms with Gasteiger partial charge in [-0.2, -0.15) is 0 Å². The van der Waals surface area contributed by atoms with Gasteiger partial charge in [-0.15, -0.1) is 11.3 Å². The van der Waals surface area contributed by atoms with Crippen molar-refractivity contribution in [3.63, 3.8) is 0 Å². The predicted octanol–water partition coefficient (Wildman–Crippen LogP) is 2.02. The maximum absolute atomic E-state index is 2.28. The van der Waals surface area contributed by atoms with Gasteiger partial charge in [0.1, 0.15) is 0 Å². The second-order valence-corrected chi connectivity index (χ2v) is 6.82. The summed E-state index contributed by atoms with van der Waals surface area (Å²) in [6.07, 6.45) is 0. The first kappa shape index (κ1) is 9.68. The van der Waals surface area contributed by atoms with E-state index < -0.39 is 0 Å². The van der Waals surface area contributed by atoms with Gasteiger partial charge in [-0.05, 0) is 35.5 Å². The molecule has 0 amide bonds. The average molecular weight is 218 g/mol. The fraction of sp³-hybridized carbons (Fsp3) is 0.167. The highest BCUT2D eigenvalue weighted by Gasteiger charge is 2.03. The largest absolute Gasteiger partial charge is 0.146 e. The number of hydrogen-bond donors (Lipinski definition) is 0. The van der Waals surface area contributed by atoms with E-state index in [2.05, 4.69) is 44.2 Å². The van der Waals surface area contributed by atoms with Gasteiger partial charge in [0.15, 0.2) is 0 Å². The number of benzene rings is 1. The molecule has 0 saturated heterocycles. The zero-order chi connectivity index (χ0) is 10.1. The van der Waals surface area contributed by atoms with Crippen molar-refractivity contribution in [2.45, 2.75) is 13.8 Å². The first-order valence-electron chi connectivity index (χ1n) is 4.81. The number of rotatable bonds is 1. The molecule has 0 bridgehead atoms. The molecule has 14 heavy (non-hydrogen) atoms. The first-order chi connectivity index (χ1) is 6.66. The van der Waals surface area contributed by atoms with Crippen LogP contribution in [-0.2, 0) is 0 Å². The molecule has 0 aliphatic rings. The SMILES string of the molecule is Cc1ccc(C)c(-c2ccc([SiH3])s2)c1. The monoisotopic (exact) mass is 218 g/mol. The first-order valence-corrected chi connectivity index (χ1v) is 6.62. The number of thiophene rings is 1. The van der Waals surface area contributed by atoms with Crippen LogP contribution in [0.5, 0.6) is 0 Å². The summed E-state index contributed by atoms with van der Waals surface area (Å²) in [5, 5.41) is 0. The van der Waals surface area contributed by atoms with Crippen molar-refractivity contribution >= 4 is 26.1 Å². The highest BCUT2D eigenvalue weighted by atomic mass is 32.1. The maximum Gasteiger partial charge on any atom is 0.0514 e. The fourth-order valence-electron chi connectivity index (χ4n) is 1.58. The Morgan fingerprint density at radius 3 is 2.50 bits per heavy atom. The van der Waals surface area contributed by atoms with Crippen LogP contribution in [0, 0.1) is 13.8 Å². The van der Waals surface area contributed by atoms with E-state index in [1.165, 1.54) is 26.1 Å². The van der Waals surface area contributed by atoms with Gasteiger partial charge in [-0.25, -0.2) is 0 Å². The molecule has 2 aromatic rings. The minimum Gasteiger partial charge on any atom is -0.146 e. The summed E-state index contributed by atoms with van der Waals surface area (Å²) in [7, 11) is 1.16. The molecule has 0 aliphatic carbocycles. The van der Waals surface area contributed by atoms with E-state index >= 15 is 0 Å². The van der Waals surface area contributed by atoms with Crippen LogP contribution in [0.2, 0.25) is 0 Å². The van der Waals surface area contributed by atoms with Crippen molar-refractivity contribution in [3.05, 3.63) is 41.5 Å². The van der Waals surface area contributed by atoms with Gasteiger partial charge < -0.3 is 0 Å². The second-order valence-electron chi connectivity index (χ2n) is 3.73. The zero-order valence-electron chi connectivity index (χ0n) is 8.79. The van der Waals surface area contributed by atoms with E-state index in [1.807, 2.05) is 11.3 Å². The third kappa shape index (κ3) is 1.81. The van der Waals surface area contributed by atoms with Crippen molar-refractivity contribution in [1.29, 1.82) is 0 Å². The average Bonchev–Trinajstić information content (AvgIpc) is 2.56. The molecule has 0 radical (unpaired) electrons. The van der Waals surface area contributed by atoms with Crippen molar-refractivity contribution in [2.75, 3.05) is 0 Å². The van der Waals surface area contributed by atoms with E-state index in [-0.39, 0.29) is 0 Å². The molecule has 2 rings (SSSR count). The third-order valence-corrected chi connectivity index (χ3v) is 4.38. The third-order valence-electron chi connectivity index (χ3n) is 2.40. The van der Waals surface area contributed by atoms with Gasteiger partial charge in [0, 0.05) is 4.88 Å². The quantitative estimate of drug-likeness (QED) is 0.643. The Morgan fingerprint density at radius 1 is 1.07 bits per heavy atom. The summed E-state index contributed by atoms with van der Waals surface area (Å²) >= 11 is 1.93. The molecule has 0 saturated carbocycles. The standard InChI is InChI=1S/C12H14SSi/c1-8-3-4-9(2)10(7-8)11-5-6-12(14)13-11/h3-7H,1-2,14H3. The Hall–Kier alpha value is -0.863. The summed E-state index contributed by atoms with van der Waals surface area (Å²) in [4.78, 5) is 1.41. The summed E-state index contributed by atoms with van der Waals surface area (Å²) in [5.41, 5.74) is 4.12. The van der Waals surface area contributed by atoms with Crippen molar-refractivity contribution in [3.8, 4) is 10.4 Å². The number of hydrogen-bond acceptors (Lipinski definition) is 1. The van der Waals surface area contributed by atoms with E-state index in [1.54, 1.807) is 0 Å². The van der Waals surface area contributed by atoms with Crippen molar-refractivity contribution < 1.29 is 0 Å². The highest BCUT2D eigenvalue weighted by molar-refractivity contribution is 7.23. The second kappa shape index (κ2) is 3.71. The summed E-state index contributed by atoms with van der Waals surface area (Å²) in [6.45, 7) is 4.33. The van der Waals surface area contributed by atoms with Gasteiger partial charge in [-0.1, -0.05) is 29.8 Å². The van der Waals surface area contributed by atoms with Gasteiger partial charge >= 0.3 is 0 Å². The molecular weight excluding hydrogens is 204 g/mol. The van der Waals surface area contributed by atoms with Gasteiger partial charge in [-0.3, -0.25) is 0 Å². The molecule has 2 heteroatoms. The van der Waals surface area contributed by atoms with Crippen LogP contribution in [0.4, 0.5) is 0 Å². The van der Waals surface area contributed by atoms with Crippen LogP contribution in [0.25, 0.3) is 10.4 Å². The maximum atomic E-state index is 2.28. The van der Waals surface area contributed by atoms with Crippen LogP contribution >= 0.6 is 11.3 Å². The van der Waals surface area contributed by atoms with Gasteiger partial charge in [0.2, 0.25) is 0 Å². The molecule has 0 fully saturated rings. The van der Waals surface area contributed by atoms with Crippen LogP contribution in [0.3, 0.4) is 0 Å². The van der Waals surface area contributed by atoms with Gasteiger partial charge in [0.05, 0.1) is 10.2 Å². The topological polar surface area (TPSA) is 0 Å². The lowest BCUT2D eigenvalue weighted by Gasteiger charge is -2.04. The Kier molecular flexibility index (Phi) is 2.57. The molecule has 1 aromatic heterocycles. The smallest absolute Gasteiger partial charge is 0.0514 e. The molecule has 0 atom stereocenters. The van der Waals surface area contributed by atoms with E-state index in [9.17, 15) is 0 Å². The van der Waals surface area contributed by atoms with Crippen molar-refractivity contribution in [1.82, 2.24) is 0 Å². The minimum absolute atomic E-state index is 1.16. The predicted molar refractivity (Wildman–Crippen MR) is 68.8 cm³/mol. The number of aryl methyl sites for hydroxylation is 2. The summed E-state index contributed by atoms with van der Waals surface area (Å²) in [6, 6.07) is 11.1. The van der Waals surface area contributed by atoms with Crippen LogP contribution in [0.1, 0.15) is 11.1 Å². The Labute approximate surface area is 92.0 Å². The minimum atomic E-state index is 1.16. The molecule has 0 unspecified atom stereocenters. The van der Waals surface area contributed by atoms with Crippen LogP contribution in [0.15, 0.2) is 30.3 Å². The fourth-order valence-corrected chi connectivity index (χ4v) is 3.36. The molecule has 0 nitrogen and oxygen atoms in total. The van der Waals surface area contributed by atoms with Crippen molar-refractivity contribution in [2.24, 2.45) is 0 Å². The molecule has 0 aliphatic heterocycles. The lowest BCUT2D eigenvalue weighted by atomic mass is 10.0. The Bertz CT molecular complexity index is 457. The molecule has 1 aromatic carbocycles. The van der Waals surface area contributed by atoms with Crippen LogP contribution in [-0.4, -0.2) is 10.2 Å². The zero-order valence-corrected chi connectivity index (χ0v) is 11.6. The highest BCUT2D eigenvalue weighted by Crippen LogP contribution is 2.27. The van der Waals surface area contributed by atoms with Gasteiger partial charge in [0.25, 0.3) is 0 Å². The van der Waals surface area contributed by atoms with E-state index in [0.717, 1.165) is 10.2 Å². The molecular formula is C12H14SSi.